The van der Waals surface area contributed by atoms with Gasteiger partial charge in [-0.1, -0.05) is 41.4 Å². The van der Waals surface area contributed by atoms with Crippen molar-refractivity contribution in [1.82, 2.24) is 4.90 Å². The van der Waals surface area contributed by atoms with E-state index in [1.807, 2.05) is 24.3 Å². The zero-order chi connectivity index (χ0) is 19.8. The van der Waals surface area contributed by atoms with Gasteiger partial charge in [0, 0.05) is 18.7 Å². The Balaban J connectivity index is 1.66. The van der Waals surface area contributed by atoms with Gasteiger partial charge in [-0.3, -0.25) is 14.6 Å². The van der Waals surface area contributed by atoms with Gasteiger partial charge in [0.1, 0.15) is 5.71 Å². The highest BCUT2D eigenvalue weighted by Gasteiger charge is 2.36. The molecule has 0 unspecified atom stereocenters. The first-order valence-corrected chi connectivity index (χ1v) is 10.0. The lowest BCUT2D eigenvalue weighted by Crippen LogP contribution is -2.50. The third-order valence-electron chi connectivity index (χ3n) is 4.88. The van der Waals surface area contributed by atoms with E-state index in [1.54, 1.807) is 23.1 Å². The summed E-state index contributed by atoms with van der Waals surface area (Å²) in [5.41, 5.74) is 2.72. The van der Waals surface area contributed by atoms with Gasteiger partial charge in [0.15, 0.2) is 0 Å². The van der Waals surface area contributed by atoms with Crippen LogP contribution < -0.4 is 4.90 Å². The van der Waals surface area contributed by atoms with Crippen LogP contribution in [0.25, 0.3) is 0 Å². The summed E-state index contributed by atoms with van der Waals surface area (Å²) in [4.78, 5) is 21.9. The number of aliphatic imine (C=N–C) groups is 1. The Kier molecular flexibility index (Phi) is 5.43. The molecule has 2 aliphatic rings. The molecule has 1 amide bonds. The Morgan fingerprint density at radius 2 is 1.79 bits per heavy atom. The average Bonchev–Trinajstić information content (AvgIpc) is 2.90. The molecule has 0 saturated carbocycles. The molecule has 2 atom stereocenters. The van der Waals surface area contributed by atoms with Crippen LogP contribution in [-0.2, 0) is 9.53 Å². The lowest BCUT2D eigenvalue weighted by atomic mass is 10.1. The van der Waals surface area contributed by atoms with E-state index in [9.17, 15) is 4.79 Å². The molecule has 0 N–H and O–H groups in total. The van der Waals surface area contributed by atoms with Crippen molar-refractivity contribution < 1.29 is 9.53 Å². The number of rotatable bonds is 3. The highest BCUT2D eigenvalue weighted by Crippen LogP contribution is 2.33. The number of carbonyl (C=O) groups is 1. The van der Waals surface area contributed by atoms with Gasteiger partial charge in [-0.2, -0.15) is 0 Å². The first-order valence-electron chi connectivity index (χ1n) is 9.25. The van der Waals surface area contributed by atoms with Crippen molar-refractivity contribution in [1.29, 1.82) is 0 Å². The van der Waals surface area contributed by atoms with E-state index in [-0.39, 0.29) is 18.1 Å². The van der Waals surface area contributed by atoms with Gasteiger partial charge < -0.3 is 4.74 Å². The van der Waals surface area contributed by atoms with Gasteiger partial charge in [-0.05, 0) is 38.1 Å². The highest BCUT2D eigenvalue weighted by molar-refractivity contribution is 6.54. The van der Waals surface area contributed by atoms with Gasteiger partial charge in [0.05, 0.1) is 40.3 Å². The van der Waals surface area contributed by atoms with E-state index in [1.165, 1.54) is 0 Å². The first-order chi connectivity index (χ1) is 13.4. The molecule has 146 valence electrons. The summed E-state index contributed by atoms with van der Waals surface area (Å²) in [6.07, 6.45) is 0.280. The summed E-state index contributed by atoms with van der Waals surface area (Å²) in [7, 11) is 0. The van der Waals surface area contributed by atoms with Crippen LogP contribution in [0.5, 0.6) is 0 Å². The van der Waals surface area contributed by atoms with E-state index in [0.29, 0.717) is 28.1 Å². The number of morpholine rings is 1. The van der Waals surface area contributed by atoms with Gasteiger partial charge in [-0.15, -0.1) is 0 Å². The van der Waals surface area contributed by atoms with Gasteiger partial charge in [0.25, 0.3) is 5.91 Å². The lowest BCUT2D eigenvalue weighted by molar-refractivity contribution is -0.113. The number of hydrogen-bond acceptors (Lipinski definition) is 4. The summed E-state index contributed by atoms with van der Waals surface area (Å²) < 4.78 is 5.81. The highest BCUT2D eigenvalue weighted by atomic mass is 35.5. The van der Waals surface area contributed by atoms with Crippen LogP contribution in [0.2, 0.25) is 10.0 Å². The van der Waals surface area contributed by atoms with Gasteiger partial charge in [0.2, 0.25) is 0 Å². The number of ether oxygens (including phenoxy) is 1. The number of carbonyl (C=O) groups excluding carboxylic acids is 1. The normalized spacial score (nSPS) is 24.1. The molecule has 0 radical (unpaired) electrons. The lowest BCUT2D eigenvalue weighted by Gasteiger charge is -2.37. The Morgan fingerprint density at radius 3 is 2.50 bits per heavy atom. The Hall–Kier alpha value is -1.92. The predicted octanol–water partition coefficient (Wildman–Crippen LogP) is 4.53. The second-order valence-electron chi connectivity index (χ2n) is 7.24. The fourth-order valence-electron chi connectivity index (χ4n) is 3.79. The van der Waals surface area contributed by atoms with Crippen LogP contribution in [0.3, 0.4) is 0 Å². The number of anilines is 1. The zero-order valence-corrected chi connectivity index (χ0v) is 17.2. The van der Waals surface area contributed by atoms with Gasteiger partial charge >= 0.3 is 0 Å². The molecule has 28 heavy (non-hydrogen) atoms. The van der Waals surface area contributed by atoms with Crippen molar-refractivity contribution >= 4 is 46.2 Å². The van der Waals surface area contributed by atoms with E-state index in [4.69, 9.17) is 27.9 Å². The number of nitrogens with zero attached hydrogens (tertiary/aromatic N) is 3. The van der Waals surface area contributed by atoms with Crippen LogP contribution in [0, 0.1) is 0 Å². The molecule has 1 fully saturated rings. The maximum Gasteiger partial charge on any atom is 0.278 e. The average molecular weight is 418 g/mol. The molecule has 0 aliphatic carbocycles. The number of fused-ring (bicyclic) bond motifs is 1. The Bertz CT molecular complexity index is 937. The second kappa shape index (κ2) is 7.84. The predicted molar refractivity (Wildman–Crippen MR) is 113 cm³/mol. The van der Waals surface area contributed by atoms with E-state index < -0.39 is 0 Å². The van der Waals surface area contributed by atoms with E-state index in [0.717, 1.165) is 24.3 Å². The molecular formula is C21H21Cl2N3O2. The second-order valence-corrected chi connectivity index (χ2v) is 8.06. The number of para-hydroxylation sites is 1. The minimum Gasteiger partial charge on any atom is -0.373 e. The van der Waals surface area contributed by atoms with Crippen LogP contribution in [0.1, 0.15) is 19.4 Å². The molecular weight excluding hydrogens is 397 g/mol. The standard InChI is InChI=1S/C21H21Cl2N3O2/c1-13-10-25(11-14(2)28-13)12-26-19-6-4-3-5-16(19)20(21(26)27)24-15-7-8-17(22)18(23)9-15/h3-9,13-14H,10-12H2,1-2H3/t13-,14-/m1/s1. The monoisotopic (exact) mass is 417 g/mol. The molecule has 2 heterocycles. The number of hydrogen-bond donors (Lipinski definition) is 0. The summed E-state index contributed by atoms with van der Waals surface area (Å²) in [6.45, 7) is 6.19. The minimum absolute atomic E-state index is 0.112. The van der Waals surface area contributed by atoms with Crippen LogP contribution >= 0.6 is 23.2 Å². The van der Waals surface area contributed by atoms with Crippen molar-refractivity contribution in [3.05, 3.63) is 58.1 Å². The molecule has 2 aromatic rings. The van der Waals surface area contributed by atoms with Crippen LogP contribution in [0.4, 0.5) is 11.4 Å². The fraction of sp³-hybridized carbons (Fsp3) is 0.333. The van der Waals surface area contributed by atoms with Crippen molar-refractivity contribution in [2.75, 3.05) is 24.7 Å². The molecule has 4 rings (SSSR count). The third kappa shape index (κ3) is 3.80. The Labute approximate surface area is 174 Å². The smallest absolute Gasteiger partial charge is 0.278 e. The number of benzene rings is 2. The van der Waals surface area contributed by atoms with Crippen molar-refractivity contribution in [3.8, 4) is 0 Å². The summed E-state index contributed by atoms with van der Waals surface area (Å²) in [6, 6.07) is 12.8. The maximum atomic E-state index is 13.2. The largest absolute Gasteiger partial charge is 0.373 e. The van der Waals surface area contributed by atoms with E-state index >= 15 is 0 Å². The third-order valence-corrected chi connectivity index (χ3v) is 5.62. The summed E-state index contributed by atoms with van der Waals surface area (Å²) >= 11 is 12.1. The molecule has 7 heteroatoms. The SMILES string of the molecule is C[C@@H]1CN(CN2C(=O)C(=Nc3ccc(Cl)c(Cl)c3)c3ccccc32)C[C@@H](C)O1. The van der Waals surface area contributed by atoms with Crippen molar-refractivity contribution in [2.45, 2.75) is 26.1 Å². The van der Waals surface area contributed by atoms with Crippen molar-refractivity contribution in [3.63, 3.8) is 0 Å². The number of halogens is 2. The molecule has 0 spiro atoms. The molecule has 1 saturated heterocycles. The molecule has 0 aromatic heterocycles. The Morgan fingerprint density at radius 1 is 1.07 bits per heavy atom. The number of amides is 1. The maximum absolute atomic E-state index is 13.2. The topological polar surface area (TPSA) is 45.1 Å². The summed E-state index contributed by atoms with van der Waals surface area (Å²) in [5, 5.41) is 0.872. The summed E-state index contributed by atoms with van der Waals surface area (Å²) in [5.74, 6) is -0.112. The van der Waals surface area contributed by atoms with Crippen LogP contribution in [0.15, 0.2) is 47.5 Å². The fourth-order valence-corrected chi connectivity index (χ4v) is 4.09. The van der Waals surface area contributed by atoms with E-state index in [2.05, 4.69) is 23.7 Å². The van der Waals surface area contributed by atoms with Gasteiger partial charge in [-0.25, -0.2) is 4.99 Å². The minimum atomic E-state index is -0.112. The molecule has 2 aliphatic heterocycles. The van der Waals surface area contributed by atoms with Crippen molar-refractivity contribution in [2.24, 2.45) is 4.99 Å². The quantitative estimate of drug-likeness (QED) is 0.736. The zero-order valence-electron chi connectivity index (χ0n) is 15.7. The molecule has 0 bridgehead atoms. The van der Waals surface area contributed by atoms with Crippen LogP contribution in [-0.4, -0.2) is 48.5 Å². The first kappa shape index (κ1) is 19.4. The molecule has 5 nitrogen and oxygen atoms in total. The molecule has 2 aromatic carbocycles.